The standard InChI is InChI=1S/C21H25N5O2/c1-25-18-11-16(12-22-20(18)23-13-19(25)27)21(28)24-17-7-9-26(10-8-17)14-15-5-3-2-4-6-15/h2-6,11-12,17H,7-10,13-14H2,1H3,(H,22,23)(H,24,28). The van der Waals surface area contributed by atoms with Crippen molar-refractivity contribution in [3.05, 3.63) is 53.7 Å². The number of carbonyl (C=O) groups excluding carboxylic acids is 2. The van der Waals surface area contributed by atoms with Gasteiger partial charge < -0.3 is 15.5 Å². The monoisotopic (exact) mass is 379 g/mol. The van der Waals surface area contributed by atoms with Crippen molar-refractivity contribution < 1.29 is 9.59 Å². The number of hydrogen-bond donors (Lipinski definition) is 2. The zero-order valence-electron chi connectivity index (χ0n) is 16.0. The summed E-state index contributed by atoms with van der Waals surface area (Å²) in [6.45, 7) is 3.10. The molecule has 1 fully saturated rings. The molecule has 2 aliphatic rings. The summed E-state index contributed by atoms with van der Waals surface area (Å²) in [7, 11) is 1.70. The van der Waals surface area contributed by atoms with E-state index < -0.39 is 0 Å². The first kappa shape index (κ1) is 18.4. The van der Waals surface area contributed by atoms with Gasteiger partial charge >= 0.3 is 0 Å². The second-order valence-corrected chi connectivity index (χ2v) is 7.41. The number of pyridine rings is 1. The highest BCUT2D eigenvalue weighted by Crippen LogP contribution is 2.27. The number of nitrogens with zero attached hydrogens (tertiary/aromatic N) is 3. The van der Waals surface area contributed by atoms with Crippen molar-refractivity contribution >= 4 is 23.3 Å². The molecule has 0 atom stereocenters. The van der Waals surface area contributed by atoms with E-state index in [0.717, 1.165) is 32.5 Å². The zero-order valence-corrected chi connectivity index (χ0v) is 16.0. The molecule has 2 amide bonds. The number of piperidine rings is 1. The molecular formula is C21H25N5O2. The van der Waals surface area contributed by atoms with E-state index in [9.17, 15) is 9.59 Å². The van der Waals surface area contributed by atoms with Crippen LogP contribution in [0.3, 0.4) is 0 Å². The number of carbonyl (C=O) groups is 2. The Labute approximate surface area is 164 Å². The first-order valence-electron chi connectivity index (χ1n) is 9.68. The number of fused-ring (bicyclic) bond motifs is 1. The molecule has 1 aromatic heterocycles. The molecule has 0 unspecified atom stereocenters. The lowest BCUT2D eigenvalue weighted by molar-refractivity contribution is -0.116. The highest BCUT2D eigenvalue weighted by Gasteiger charge is 2.25. The number of anilines is 2. The van der Waals surface area contributed by atoms with Crippen LogP contribution in [0.25, 0.3) is 0 Å². The maximum atomic E-state index is 12.7. The molecule has 1 aromatic carbocycles. The second-order valence-electron chi connectivity index (χ2n) is 7.41. The molecule has 2 N–H and O–H groups in total. The van der Waals surface area contributed by atoms with E-state index in [2.05, 4.69) is 44.8 Å². The van der Waals surface area contributed by atoms with Crippen LogP contribution in [0.2, 0.25) is 0 Å². The summed E-state index contributed by atoms with van der Waals surface area (Å²) in [5, 5.41) is 6.10. The van der Waals surface area contributed by atoms with Gasteiger partial charge in [-0.1, -0.05) is 30.3 Å². The second kappa shape index (κ2) is 7.98. The summed E-state index contributed by atoms with van der Waals surface area (Å²) in [5.41, 5.74) is 2.44. The first-order valence-corrected chi connectivity index (χ1v) is 9.68. The lowest BCUT2D eigenvalue weighted by atomic mass is 10.0. The largest absolute Gasteiger partial charge is 0.359 e. The van der Waals surface area contributed by atoms with Gasteiger partial charge in [-0.15, -0.1) is 0 Å². The van der Waals surface area contributed by atoms with Crippen molar-refractivity contribution in [2.45, 2.75) is 25.4 Å². The molecule has 2 aliphatic heterocycles. The van der Waals surface area contributed by atoms with Crippen LogP contribution < -0.4 is 15.5 Å². The van der Waals surface area contributed by atoms with Gasteiger partial charge in [0.25, 0.3) is 5.91 Å². The molecule has 7 nitrogen and oxygen atoms in total. The molecule has 1 saturated heterocycles. The number of aromatic nitrogens is 1. The molecule has 2 aromatic rings. The van der Waals surface area contributed by atoms with Crippen molar-refractivity contribution in [2.75, 3.05) is 36.9 Å². The predicted octanol–water partition coefficient (Wildman–Crippen LogP) is 1.86. The number of hydrogen-bond acceptors (Lipinski definition) is 5. The van der Waals surface area contributed by atoms with Gasteiger partial charge in [-0.2, -0.15) is 0 Å². The van der Waals surface area contributed by atoms with Crippen molar-refractivity contribution in [1.29, 1.82) is 0 Å². The Balaban J connectivity index is 1.33. The summed E-state index contributed by atoms with van der Waals surface area (Å²) in [5.74, 6) is 0.453. The first-order chi connectivity index (χ1) is 13.6. The van der Waals surface area contributed by atoms with Crippen molar-refractivity contribution in [1.82, 2.24) is 15.2 Å². The average Bonchev–Trinajstić information content (AvgIpc) is 2.73. The number of likely N-dealkylation sites (tertiary alicyclic amines) is 1. The molecule has 0 radical (unpaired) electrons. The Morgan fingerprint density at radius 2 is 2.00 bits per heavy atom. The summed E-state index contributed by atoms with van der Waals surface area (Å²) < 4.78 is 0. The number of amides is 2. The summed E-state index contributed by atoms with van der Waals surface area (Å²) in [6, 6.07) is 12.3. The fourth-order valence-corrected chi connectivity index (χ4v) is 3.73. The number of nitrogens with one attached hydrogen (secondary N) is 2. The van der Waals surface area contributed by atoms with E-state index in [0.29, 0.717) is 17.1 Å². The van der Waals surface area contributed by atoms with E-state index in [1.54, 1.807) is 19.3 Å². The van der Waals surface area contributed by atoms with Crippen LogP contribution in [-0.4, -0.2) is 54.4 Å². The minimum atomic E-state index is -0.136. The maximum Gasteiger partial charge on any atom is 0.253 e. The number of rotatable bonds is 4. The number of benzene rings is 1. The third-order valence-electron chi connectivity index (χ3n) is 5.44. The van der Waals surface area contributed by atoms with Crippen LogP contribution in [0, 0.1) is 0 Å². The van der Waals surface area contributed by atoms with Crippen molar-refractivity contribution in [3.63, 3.8) is 0 Å². The van der Waals surface area contributed by atoms with Gasteiger partial charge in [-0.3, -0.25) is 14.5 Å². The third kappa shape index (κ3) is 3.99. The molecular weight excluding hydrogens is 354 g/mol. The van der Waals surface area contributed by atoms with E-state index in [1.165, 1.54) is 10.5 Å². The Bertz CT molecular complexity index is 862. The maximum absolute atomic E-state index is 12.7. The third-order valence-corrected chi connectivity index (χ3v) is 5.44. The van der Waals surface area contributed by atoms with Crippen LogP contribution in [0.5, 0.6) is 0 Å². The molecule has 0 aliphatic carbocycles. The minimum Gasteiger partial charge on any atom is -0.359 e. The Kier molecular flexibility index (Phi) is 5.25. The van der Waals surface area contributed by atoms with Gasteiger partial charge in [0.15, 0.2) is 0 Å². The lowest BCUT2D eigenvalue weighted by Crippen LogP contribution is -2.44. The van der Waals surface area contributed by atoms with Gasteiger partial charge in [0.05, 0.1) is 17.8 Å². The van der Waals surface area contributed by atoms with Crippen molar-refractivity contribution in [2.24, 2.45) is 0 Å². The van der Waals surface area contributed by atoms with Crippen LogP contribution in [-0.2, 0) is 11.3 Å². The van der Waals surface area contributed by atoms with Crippen LogP contribution in [0.15, 0.2) is 42.6 Å². The van der Waals surface area contributed by atoms with Crippen LogP contribution in [0.4, 0.5) is 11.5 Å². The highest BCUT2D eigenvalue weighted by molar-refractivity contribution is 6.03. The molecule has 4 rings (SSSR count). The highest BCUT2D eigenvalue weighted by atomic mass is 16.2. The summed E-state index contributed by atoms with van der Waals surface area (Å²) in [4.78, 5) is 32.8. The van der Waals surface area contributed by atoms with Gasteiger partial charge in [0, 0.05) is 38.9 Å². The molecule has 146 valence electrons. The zero-order chi connectivity index (χ0) is 19.5. The minimum absolute atomic E-state index is 0.0438. The molecule has 0 bridgehead atoms. The lowest BCUT2D eigenvalue weighted by Gasteiger charge is -2.32. The molecule has 0 saturated carbocycles. The average molecular weight is 379 g/mol. The fourth-order valence-electron chi connectivity index (χ4n) is 3.73. The van der Waals surface area contributed by atoms with E-state index in [1.807, 2.05) is 6.07 Å². The molecule has 3 heterocycles. The quantitative estimate of drug-likeness (QED) is 0.848. The Morgan fingerprint density at radius 3 is 2.75 bits per heavy atom. The Hall–Kier alpha value is -2.93. The SMILES string of the molecule is CN1C(=O)CNc2ncc(C(=O)NC3CCN(Cc4ccccc4)CC3)cc21. The summed E-state index contributed by atoms with van der Waals surface area (Å²) in [6.07, 6.45) is 3.42. The molecule has 7 heteroatoms. The van der Waals surface area contributed by atoms with Crippen molar-refractivity contribution in [3.8, 4) is 0 Å². The normalized spacial score (nSPS) is 17.8. The smallest absolute Gasteiger partial charge is 0.253 e. The number of likely N-dealkylation sites (N-methyl/N-ethyl adjacent to an activating group) is 1. The van der Waals surface area contributed by atoms with E-state index >= 15 is 0 Å². The van der Waals surface area contributed by atoms with Gasteiger partial charge in [-0.25, -0.2) is 4.98 Å². The van der Waals surface area contributed by atoms with Crippen LogP contribution in [0.1, 0.15) is 28.8 Å². The van der Waals surface area contributed by atoms with E-state index in [-0.39, 0.29) is 24.4 Å². The predicted molar refractivity (Wildman–Crippen MR) is 108 cm³/mol. The molecule has 0 spiro atoms. The summed E-state index contributed by atoms with van der Waals surface area (Å²) >= 11 is 0. The molecule has 28 heavy (non-hydrogen) atoms. The topological polar surface area (TPSA) is 77.6 Å². The fraction of sp³-hybridized carbons (Fsp3) is 0.381. The van der Waals surface area contributed by atoms with Gasteiger partial charge in [0.1, 0.15) is 5.82 Å². The van der Waals surface area contributed by atoms with Gasteiger partial charge in [-0.05, 0) is 24.5 Å². The van der Waals surface area contributed by atoms with Crippen LogP contribution >= 0.6 is 0 Å². The van der Waals surface area contributed by atoms with E-state index in [4.69, 9.17) is 0 Å². The van der Waals surface area contributed by atoms with Gasteiger partial charge in [0.2, 0.25) is 5.91 Å². The Morgan fingerprint density at radius 1 is 1.25 bits per heavy atom.